The van der Waals surface area contributed by atoms with Gasteiger partial charge in [-0.1, -0.05) is 30.3 Å². The molecule has 24 heavy (non-hydrogen) atoms. The summed E-state index contributed by atoms with van der Waals surface area (Å²) in [5, 5.41) is 4.35. The van der Waals surface area contributed by atoms with Crippen LogP contribution in [0.25, 0.3) is 0 Å². The van der Waals surface area contributed by atoms with E-state index < -0.39 is 0 Å². The third kappa shape index (κ3) is 4.45. The van der Waals surface area contributed by atoms with Gasteiger partial charge in [-0.3, -0.25) is 4.79 Å². The second-order valence-electron chi connectivity index (χ2n) is 6.48. The summed E-state index contributed by atoms with van der Waals surface area (Å²) in [7, 11) is 2.01. The van der Waals surface area contributed by atoms with Crippen LogP contribution in [0.15, 0.2) is 47.4 Å². The fraction of sp³-hybridized carbons (Fsp3) is 0.474. The van der Waals surface area contributed by atoms with Gasteiger partial charge in [0.05, 0.1) is 18.4 Å². The topological polar surface area (TPSA) is 41.4 Å². The number of likely N-dealkylation sites (N-methyl/N-ethyl adjacent to an activating group) is 1. The summed E-state index contributed by atoms with van der Waals surface area (Å²) >= 11 is 0. The van der Waals surface area contributed by atoms with Crippen molar-refractivity contribution in [3.05, 3.63) is 58.5 Å². The van der Waals surface area contributed by atoms with Crippen LogP contribution < -0.4 is 10.5 Å². The maximum absolute atomic E-state index is 12.3. The van der Waals surface area contributed by atoms with E-state index in [4.69, 9.17) is 0 Å². The molecule has 0 bridgehead atoms. The van der Waals surface area contributed by atoms with Gasteiger partial charge in [0.1, 0.15) is 0 Å². The Labute approximate surface area is 143 Å². The molecule has 2 heterocycles. The van der Waals surface area contributed by atoms with Crippen molar-refractivity contribution in [2.75, 3.05) is 38.1 Å². The van der Waals surface area contributed by atoms with Crippen LogP contribution in [0, 0.1) is 0 Å². The number of anilines is 1. The fourth-order valence-electron chi connectivity index (χ4n) is 3.11. The van der Waals surface area contributed by atoms with E-state index in [2.05, 4.69) is 39.2 Å². The number of likely N-dealkylation sites (tertiary alicyclic amines) is 1. The maximum atomic E-state index is 12.3. The van der Waals surface area contributed by atoms with Gasteiger partial charge >= 0.3 is 0 Å². The first kappa shape index (κ1) is 16.7. The Hall–Kier alpha value is -2.14. The molecular formula is C19H26N4O. The average molecular weight is 326 g/mol. The molecule has 128 valence electrons. The van der Waals surface area contributed by atoms with Crippen molar-refractivity contribution in [3.63, 3.8) is 0 Å². The minimum atomic E-state index is -0.0155. The van der Waals surface area contributed by atoms with Crippen LogP contribution in [-0.2, 0) is 13.0 Å². The summed E-state index contributed by atoms with van der Waals surface area (Å²) < 4.78 is 1.58. The van der Waals surface area contributed by atoms with Gasteiger partial charge in [0, 0.05) is 26.2 Å². The number of nitrogens with zero attached hydrogens (tertiary/aromatic N) is 4. The lowest BCUT2D eigenvalue weighted by Crippen LogP contribution is -2.31. The first-order valence-corrected chi connectivity index (χ1v) is 8.77. The Kier molecular flexibility index (Phi) is 5.64. The van der Waals surface area contributed by atoms with Gasteiger partial charge in [-0.05, 0) is 37.9 Å². The van der Waals surface area contributed by atoms with Gasteiger partial charge < -0.3 is 9.80 Å². The largest absolute Gasteiger partial charge is 0.373 e. The number of hydrogen-bond donors (Lipinski definition) is 0. The molecule has 0 spiro atoms. The van der Waals surface area contributed by atoms with Crippen LogP contribution in [0.1, 0.15) is 18.4 Å². The Morgan fingerprint density at radius 1 is 1.12 bits per heavy atom. The van der Waals surface area contributed by atoms with Crippen molar-refractivity contribution in [2.24, 2.45) is 0 Å². The van der Waals surface area contributed by atoms with Crippen LogP contribution >= 0.6 is 0 Å². The summed E-state index contributed by atoms with van der Waals surface area (Å²) in [4.78, 5) is 16.8. The predicted octanol–water partition coefficient (Wildman–Crippen LogP) is 2.02. The van der Waals surface area contributed by atoms with Crippen molar-refractivity contribution < 1.29 is 0 Å². The molecule has 0 radical (unpaired) electrons. The van der Waals surface area contributed by atoms with E-state index in [9.17, 15) is 4.79 Å². The lowest BCUT2D eigenvalue weighted by molar-refractivity contribution is 0.312. The van der Waals surface area contributed by atoms with Crippen LogP contribution in [0.2, 0.25) is 0 Å². The lowest BCUT2D eigenvalue weighted by atomic mass is 10.1. The SMILES string of the molecule is CN(CCc1ccccc1)c1cnn(CCN2CCCC2)c(=O)c1. The quantitative estimate of drug-likeness (QED) is 0.781. The van der Waals surface area contributed by atoms with Gasteiger partial charge in [-0.25, -0.2) is 4.68 Å². The van der Waals surface area contributed by atoms with E-state index in [0.29, 0.717) is 6.54 Å². The third-order valence-electron chi connectivity index (χ3n) is 4.70. The maximum Gasteiger partial charge on any atom is 0.268 e. The zero-order chi connectivity index (χ0) is 16.8. The van der Waals surface area contributed by atoms with Gasteiger partial charge in [-0.2, -0.15) is 5.10 Å². The van der Waals surface area contributed by atoms with E-state index >= 15 is 0 Å². The van der Waals surface area contributed by atoms with Crippen LogP contribution in [0.4, 0.5) is 5.69 Å². The molecule has 1 aliphatic heterocycles. The number of hydrogen-bond acceptors (Lipinski definition) is 4. The first-order valence-electron chi connectivity index (χ1n) is 8.77. The Bertz CT molecular complexity index is 692. The van der Waals surface area contributed by atoms with Crippen molar-refractivity contribution in [2.45, 2.75) is 25.8 Å². The molecule has 2 aromatic rings. The van der Waals surface area contributed by atoms with E-state index in [1.807, 2.05) is 13.1 Å². The fourth-order valence-corrected chi connectivity index (χ4v) is 3.11. The minimum absolute atomic E-state index is 0.0155. The van der Waals surface area contributed by atoms with Crippen molar-refractivity contribution in [3.8, 4) is 0 Å². The Morgan fingerprint density at radius 3 is 2.58 bits per heavy atom. The van der Waals surface area contributed by atoms with Crippen molar-refractivity contribution in [1.29, 1.82) is 0 Å². The highest BCUT2D eigenvalue weighted by Crippen LogP contribution is 2.10. The zero-order valence-electron chi connectivity index (χ0n) is 14.4. The van der Waals surface area contributed by atoms with E-state index in [1.165, 1.54) is 18.4 Å². The molecule has 1 aliphatic rings. The van der Waals surface area contributed by atoms with Crippen LogP contribution in [-0.4, -0.2) is 47.9 Å². The summed E-state index contributed by atoms with van der Waals surface area (Å²) in [5.41, 5.74) is 2.17. The minimum Gasteiger partial charge on any atom is -0.373 e. The number of rotatable bonds is 7. The second-order valence-corrected chi connectivity index (χ2v) is 6.48. The van der Waals surface area contributed by atoms with Gasteiger partial charge in [0.15, 0.2) is 0 Å². The summed E-state index contributed by atoms with van der Waals surface area (Å²) in [6.07, 6.45) is 5.30. The molecule has 1 saturated heterocycles. The molecule has 5 nitrogen and oxygen atoms in total. The van der Waals surface area contributed by atoms with Gasteiger partial charge in [-0.15, -0.1) is 0 Å². The molecule has 0 N–H and O–H groups in total. The molecule has 1 fully saturated rings. The highest BCUT2D eigenvalue weighted by Gasteiger charge is 2.12. The smallest absolute Gasteiger partial charge is 0.268 e. The average Bonchev–Trinajstić information content (AvgIpc) is 3.13. The first-order chi connectivity index (χ1) is 11.7. The molecule has 0 unspecified atom stereocenters. The van der Waals surface area contributed by atoms with Gasteiger partial charge in [0.2, 0.25) is 0 Å². The molecule has 0 amide bonds. The van der Waals surface area contributed by atoms with Crippen molar-refractivity contribution >= 4 is 5.69 Å². The monoisotopic (exact) mass is 326 g/mol. The molecule has 5 heteroatoms. The van der Waals surface area contributed by atoms with Crippen LogP contribution in [0.3, 0.4) is 0 Å². The number of benzene rings is 1. The number of aromatic nitrogens is 2. The standard InChI is InChI=1S/C19H26N4O/c1-21(12-9-17-7-3-2-4-8-17)18-15-19(24)23(20-16-18)14-13-22-10-5-6-11-22/h2-4,7-8,15-16H,5-6,9-14H2,1H3. The summed E-state index contributed by atoms with van der Waals surface area (Å²) in [5.74, 6) is 0. The molecule has 0 atom stereocenters. The predicted molar refractivity (Wildman–Crippen MR) is 97.6 cm³/mol. The molecule has 3 rings (SSSR count). The van der Waals surface area contributed by atoms with Crippen LogP contribution in [0.5, 0.6) is 0 Å². The highest BCUT2D eigenvalue weighted by atomic mass is 16.1. The molecule has 0 saturated carbocycles. The highest BCUT2D eigenvalue weighted by molar-refractivity contribution is 5.42. The summed E-state index contributed by atoms with van der Waals surface area (Å²) in [6, 6.07) is 12.1. The van der Waals surface area contributed by atoms with E-state index in [-0.39, 0.29) is 5.56 Å². The van der Waals surface area contributed by atoms with Gasteiger partial charge in [0.25, 0.3) is 5.56 Å². The molecule has 1 aromatic carbocycles. The van der Waals surface area contributed by atoms with E-state index in [1.54, 1.807) is 16.9 Å². The van der Waals surface area contributed by atoms with Crippen molar-refractivity contribution in [1.82, 2.24) is 14.7 Å². The molecule has 1 aromatic heterocycles. The normalized spacial score (nSPS) is 14.9. The molecule has 0 aliphatic carbocycles. The van der Waals surface area contributed by atoms with E-state index in [0.717, 1.165) is 38.3 Å². The second kappa shape index (κ2) is 8.11. The molecular weight excluding hydrogens is 300 g/mol. The summed E-state index contributed by atoms with van der Waals surface area (Å²) in [6.45, 7) is 4.75. The third-order valence-corrected chi connectivity index (χ3v) is 4.70. The Morgan fingerprint density at radius 2 is 1.88 bits per heavy atom. The zero-order valence-corrected chi connectivity index (χ0v) is 14.4. The Balaban J connectivity index is 1.55. The lowest BCUT2D eigenvalue weighted by Gasteiger charge is -2.19.